The van der Waals surface area contributed by atoms with Crippen molar-refractivity contribution in [3.05, 3.63) is 0 Å². The number of ether oxygens (including phenoxy) is 2. The Hall–Kier alpha value is -0.690. The van der Waals surface area contributed by atoms with Gasteiger partial charge in [-0.05, 0) is 0 Å². The summed E-state index contributed by atoms with van der Waals surface area (Å²) in [7, 11) is 0. The highest BCUT2D eigenvalue weighted by Crippen LogP contribution is 2.16. The van der Waals surface area contributed by atoms with Gasteiger partial charge in [0, 0.05) is 6.92 Å². The molecular formula is C7H12O6. The minimum absolute atomic E-state index is 0.170. The van der Waals surface area contributed by atoms with Crippen molar-refractivity contribution in [1.82, 2.24) is 0 Å². The molecule has 0 spiro atoms. The van der Waals surface area contributed by atoms with E-state index in [-0.39, 0.29) is 6.61 Å². The molecule has 0 amide bonds. The molecule has 1 aliphatic rings. The summed E-state index contributed by atoms with van der Waals surface area (Å²) in [6.45, 7) is 0.990. The summed E-state index contributed by atoms with van der Waals surface area (Å²) in [5.41, 5.74) is 0. The molecule has 0 bridgehead atoms. The number of hydrogen-bond acceptors (Lipinski definition) is 6. The van der Waals surface area contributed by atoms with E-state index in [1.54, 1.807) is 0 Å². The predicted molar refractivity (Wildman–Crippen MR) is 39.5 cm³/mol. The third-order valence-electron chi connectivity index (χ3n) is 1.74. The molecule has 1 fully saturated rings. The first kappa shape index (κ1) is 10.4. The molecule has 0 radical (unpaired) electrons. The number of rotatable bonds is 1. The summed E-state index contributed by atoms with van der Waals surface area (Å²) in [6, 6.07) is 0. The second-order valence-corrected chi connectivity index (χ2v) is 2.86. The Morgan fingerprint density at radius 3 is 2.54 bits per heavy atom. The van der Waals surface area contributed by atoms with Gasteiger partial charge in [0.05, 0.1) is 6.61 Å². The van der Waals surface area contributed by atoms with Crippen LogP contribution in [0.1, 0.15) is 6.92 Å². The van der Waals surface area contributed by atoms with E-state index in [0.717, 1.165) is 6.92 Å². The molecule has 1 heterocycles. The smallest absolute Gasteiger partial charge is 0.305 e. The Balaban J connectivity index is 2.53. The van der Waals surface area contributed by atoms with Gasteiger partial charge >= 0.3 is 5.97 Å². The molecule has 0 saturated carbocycles. The van der Waals surface area contributed by atoms with Gasteiger partial charge in [-0.3, -0.25) is 4.79 Å². The molecular weight excluding hydrogens is 180 g/mol. The number of aliphatic hydroxyl groups is 3. The molecule has 1 saturated heterocycles. The third-order valence-corrected chi connectivity index (χ3v) is 1.74. The van der Waals surface area contributed by atoms with Crippen LogP contribution in [0.3, 0.4) is 0 Å². The van der Waals surface area contributed by atoms with Crippen LogP contribution in [0, 0.1) is 0 Å². The van der Waals surface area contributed by atoms with E-state index in [9.17, 15) is 9.90 Å². The van der Waals surface area contributed by atoms with Crippen LogP contribution >= 0.6 is 0 Å². The minimum Gasteiger partial charge on any atom is -0.433 e. The molecule has 3 N–H and O–H groups in total. The van der Waals surface area contributed by atoms with Gasteiger partial charge in [0.15, 0.2) is 0 Å². The van der Waals surface area contributed by atoms with Gasteiger partial charge in [0.2, 0.25) is 6.29 Å². The molecule has 1 rings (SSSR count). The van der Waals surface area contributed by atoms with Gasteiger partial charge in [-0.2, -0.15) is 0 Å². The molecule has 0 aliphatic carbocycles. The van der Waals surface area contributed by atoms with E-state index in [1.165, 1.54) is 0 Å². The van der Waals surface area contributed by atoms with Gasteiger partial charge in [-0.1, -0.05) is 0 Å². The Labute approximate surface area is 74.7 Å². The molecule has 0 aromatic rings. The lowest BCUT2D eigenvalue weighted by Gasteiger charge is -2.34. The van der Waals surface area contributed by atoms with Crippen molar-refractivity contribution in [2.24, 2.45) is 0 Å². The van der Waals surface area contributed by atoms with Crippen LogP contribution in [0.5, 0.6) is 0 Å². The summed E-state index contributed by atoms with van der Waals surface area (Å²) >= 11 is 0. The average molecular weight is 192 g/mol. The quantitative estimate of drug-likeness (QED) is 0.415. The highest BCUT2D eigenvalue weighted by Gasteiger charge is 2.39. The number of hydrogen-bond donors (Lipinski definition) is 3. The first-order valence-corrected chi connectivity index (χ1v) is 3.85. The van der Waals surface area contributed by atoms with E-state index in [0.29, 0.717) is 0 Å². The van der Waals surface area contributed by atoms with E-state index in [2.05, 4.69) is 4.74 Å². The molecule has 6 nitrogen and oxygen atoms in total. The lowest BCUT2D eigenvalue weighted by molar-refractivity contribution is -0.261. The van der Waals surface area contributed by atoms with Crippen LogP contribution < -0.4 is 0 Å². The summed E-state index contributed by atoms with van der Waals surface area (Å²) in [4.78, 5) is 10.5. The highest BCUT2D eigenvalue weighted by molar-refractivity contribution is 5.66. The number of aliphatic hydroxyl groups excluding tert-OH is 3. The summed E-state index contributed by atoms with van der Waals surface area (Å²) in [6.07, 6.45) is -5.11. The molecule has 76 valence electrons. The SMILES string of the molecule is CC(=O)O[C@H]1OC[C@@H](O)[C@@H](O)[C@@H]1O. The fourth-order valence-electron chi connectivity index (χ4n) is 1.05. The molecule has 0 unspecified atom stereocenters. The summed E-state index contributed by atoms with van der Waals surface area (Å²) in [5, 5.41) is 27.4. The third kappa shape index (κ3) is 2.38. The Kier molecular flexibility index (Phi) is 3.21. The van der Waals surface area contributed by atoms with Crippen molar-refractivity contribution in [2.75, 3.05) is 6.61 Å². The maximum Gasteiger partial charge on any atom is 0.305 e. The first-order valence-electron chi connectivity index (χ1n) is 3.85. The Bertz CT molecular complexity index is 193. The molecule has 6 heteroatoms. The van der Waals surface area contributed by atoms with E-state index < -0.39 is 30.6 Å². The van der Waals surface area contributed by atoms with Crippen LogP contribution in [0.2, 0.25) is 0 Å². The predicted octanol–water partition coefficient (Wildman–Crippen LogP) is -2.01. The van der Waals surface area contributed by atoms with Crippen LogP contribution in [-0.4, -0.2) is 52.5 Å². The van der Waals surface area contributed by atoms with Crippen molar-refractivity contribution in [2.45, 2.75) is 31.5 Å². The van der Waals surface area contributed by atoms with E-state index in [1.807, 2.05) is 0 Å². The maximum absolute atomic E-state index is 10.5. The van der Waals surface area contributed by atoms with E-state index >= 15 is 0 Å². The van der Waals surface area contributed by atoms with Crippen LogP contribution in [-0.2, 0) is 14.3 Å². The Morgan fingerprint density at radius 1 is 1.38 bits per heavy atom. The average Bonchev–Trinajstić information content (AvgIpc) is 2.06. The summed E-state index contributed by atoms with van der Waals surface area (Å²) < 4.78 is 9.32. The lowest BCUT2D eigenvalue weighted by atomic mass is 10.1. The summed E-state index contributed by atoms with van der Waals surface area (Å²) in [5.74, 6) is -0.618. The molecule has 0 aromatic heterocycles. The van der Waals surface area contributed by atoms with Crippen molar-refractivity contribution in [3.8, 4) is 0 Å². The first-order chi connectivity index (χ1) is 6.02. The van der Waals surface area contributed by atoms with Crippen molar-refractivity contribution < 1.29 is 29.6 Å². The maximum atomic E-state index is 10.5. The molecule has 1 aliphatic heterocycles. The molecule has 4 atom stereocenters. The zero-order chi connectivity index (χ0) is 10.0. The highest BCUT2D eigenvalue weighted by atomic mass is 16.7. The minimum atomic E-state index is -1.41. The van der Waals surface area contributed by atoms with Crippen molar-refractivity contribution in [3.63, 3.8) is 0 Å². The van der Waals surface area contributed by atoms with Gasteiger partial charge in [-0.15, -0.1) is 0 Å². The number of carbonyl (C=O) groups is 1. The van der Waals surface area contributed by atoms with Gasteiger partial charge in [0.1, 0.15) is 18.3 Å². The van der Waals surface area contributed by atoms with Crippen LogP contribution in [0.4, 0.5) is 0 Å². The second-order valence-electron chi connectivity index (χ2n) is 2.86. The number of carbonyl (C=O) groups excluding carboxylic acids is 1. The van der Waals surface area contributed by atoms with Gasteiger partial charge < -0.3 is 24.8 Å². The standard InChI is InChI=1S/C7H12O6/c1-3(8)13-7-6(11)5(10)4(9)2-12-7/h4-7,9-11H,2H2,1H3/t4-,5-,6+,7-/m1/s1. The van der Waals surface area contributed by atoms with Crippen LogP contribution in [0.25, 0.3) is 0 Å². The molecule has 0 aromatic carbocycles. The van der Waals surface area contributed by atoms with Crippen molar-refractivity contribution >= 4 is 5.97 Å². The normalized spacial score (nSPS) is 40.0. The van der Waals surface area contributed by atoms with Crippen LogP contribution in [0.15, 0.2) is 0 Å². The van der Waals surface area contributed by atoms with Gasteiger partial charge in [-0.25, -0.2) is 0 Å². The largest absolute Gasteiger partial charge is 0.433 e. The van der Waals surface area contributed by atoms with Gasteiger partial charge in [0.25, 0.3) is 0 Å². The topological polar surface area (TPSA) is 96.2 Å². The second kappa shape index (κ2) is 4.01. The monoisotopic (exact) mass is 192 g/mol. The zero-order valence-electron chi connectivity index (χ0n) is 7.08. The zero-order valence-corrected chi connectivity index (χ0v) is 7.08. The Morgan fingerprint density at radius 2 is 2.00 bits per heavy atom. The lowest BCUT2D eigenvalue weighted by Crippen LogP contribution is -2.54. The number of esters is 1. The fourth-order valence-corrected chi connectivity index (χ4v) is 1.05. The van der Waals surface area contributed by atoms with E-state index in [4.69, 9.17) is 14.9 Å². The fraction of sp³-hybridized carbons (Fsp3) is 0.857. The molecule has 13 heavy (non-hydrogen) atoms. The van der Waals surface area contributed by atoms with Crippen molar-refractivity contribution in [1.29, 1.82) is 0 Å².